The van der Waals surface area contributed by atoms with Gasteiger partial charge < -0.3 is 10.2 Å². The molecule has 2 amide bonds. The summed E-state index contributed by atoms with van der Waals surface area (Å²) >= 11 is 6.03. The SMILES string of the molecule is CC(C)N(C(=O)NC(C)(C)c1cccc(Cl)c1)C(C)C. The predicted molar refractivity (Wildman–Crippen MR) is 85.1 cm³/mol. The van der Waals surface area contributed by atoms with E-state index >= 15 is 0 Å². The van der Waals surface area contributed by atoms with Crippen molar-refractivity contribution in [2.75, 3.05) is 0 Å². The van der Waals surface area contributed by atoms with Crippen LogP contribution in [0.1, 0.15) is 47.1 Å². The van der Waals surface area contributed by atoms with Crippen molar-refractivity contribution in [3.63, 3.8) is 0 Å². The van der Waals surface area contributed by atoms with Gasteiger partial charge in [0.05, 0.1) is 5.54 Å². The van der Waals surface area contributed by atoms with Gasteiger partial charge in [0.15, 0.2) is 0 Å². The van der Waals surface area contributed by atoms with Crippen LogP contribution in [0.4, 0.5) is 4.79 Å². The minimum absolute atomic E-state index is 0.0556. The first-order valence-electron chi connectivity index (χ1n) is 7.01. The van der Waals surface area contributed by atoms with Crippen LogP contribution in [-0.2, 0) is 5.54 Å². The van der Waals surface area contributed by atoms with E-state index in [4.69, 9.17) is 11.6 Å². The van der Waals surface area contributed by atoms with Crippen LogP contribution in [0.25, 0.3) is 0 Å². The van der Waals surface area contributed by atoms with Gasteiger partial charge in [-0.05, 0) is 59.2 Å². The molecule has 0 aliphatic heterocycles. The summed E-state index contributed by atoms with van der Waals surface area (Å²) in [6.45, 7) is 12.0. The Balaban J connectivity index is 2.92. The Bertz CT molecular complexity index is 461. The maximum absolute atomic E-state index is 12.5. The normalized spacial score (nSPS) is 11.8. The van der Waals surface area contributed by atoms with E-state index in [9.17, 15) is 4.79 Å². The molecule has 0 fully saturated rings. The third kappa shape index (κ3) is 4.14. The molecule has 1 aromatic carbocycles. The summed E-state index contributed by atoms with van der Waals surface area (Å²) in [5, 5.41) is 3.77. The summed E-state index contributed by atoms with van der Waals surface area (Å²) in [6, 6.07) is 7.85. The molecule has 0 saturated heterocycles. The topological polar surface area (TPSA) is 32.3 Å². The Morgan fingerprint density at radius 3 is 2.20 bits per heavy atom. The molecule has 20 heavy (non-hydrogen) atoms. The van der Waals surface area contributed by atoms with Gasteiger partial charge in [-0.2, -0.15) is 0 Å². The summed E-state index contributed by atoms with van der Waals surface area (Å²) in [5.74, 6) is 0. The van der Waals surface area contributed by atoms with E-state index < -0.39 is 5.54 Å². The number of amides is 2. The number of carbonyl (C=O) groups is 1. The first-order chi connectivity index (χ1) is 9.15. The second kappa shape index (κ2) is 6.49. The Morgan fingerprint density at radius 1 is 1.20 bits per heavy atom. The summed E-state index contributed by atoms with van der Waals surface area (Å²) in [6.07, 6.45) is 0. The van der Waals surface area contributed by atoms with Crippen LogP contribution in [0.5, 0.6) is 0 Å². The first-order valence-corrected chi connectivity index (χ1v) is 7.39. The molecule has 1 aromatic rings. The molecular weight excluding hydrogens is 272 g/mol. The average molecular weight is 297 g/mol. The van der Waals surface area contributed by atoms with E-state index in [1.807, 2.05) is 70.7 Å². The molecule has 0 aromatic heterocycles. The van der Waals surface area contributed by atoms with Crippen LogP contribution in [0, 0.1) is 0 Å². The number of hydrogen-bond acceptors (Lipinski definition) is 1. The van der Waals surface area contributed by atoms with Crippen molar-refractivity contribution in [1.82, 2.24) is 10.2 Å². The number of carbonyl (C=O) groups excluding carboxylic acids is 1. The highest BCUT2D eigenvalue weighted by Gasteiger charge is 2.28. The average Bonchev–Trinajstić information content (AvgIpc) is 2.26. The molecule has 0 aliphatic rings. The molecule has 0 unspecified atom stereocenters. The van der Waals surface area contributed by atoms with Crippen LogP contribution in [0.15, 0.2) is 24.3 Å². The molecular formula is C16H25ClN2O. The van der Waals surface area contributed by atoms with Crippen molar-refractivity contribution in [3.8, 4) is 0 Å². The largest absolute Gasteiger partial charge is 0.329 e. The van der Waals surface area contributed by atoms with E-state index in [1.165, 1.54) is 0 Å². The van der Waals surface area contributed by atoms with E-state index in [0.29, 0.717) is 5.02 Å². The lowest BCUT2D eigenvalue weighted by molar-refractivity contribution is 0.155. The summed E-state index contributed by atoms with van der Waals surface area (Å²) in [4.78, 5) is 14.3. The number of nitrogens with zero attached hydrogens (tertiary/aromatic N) is 1. The van der Waals surface area contributed by atoms with E-state index in [-0.39, 0.29) is 18.1 Å². The smallest absolute Gasteiger partial charge is 0.318 e. The fourth-order valence-corrected chi connectivity index (χ4v) is 2.54. The number of hydrogen-bond donors (Lipinski definition) is 1. The van der Waals surface area contributed by atoms with Gasteiger partial charge in [0.1, 0.15) is 0 Å². The maximum atomic E-state index is 12.5. The van der Waals surface area contributed by atoms with E-state index in [1.54, 1.807) is 0 Å². The van der Waals surface area contributed by atoms with Crippen molar-refractivity contribution < 1.29 is 4.79 Å². The van der Waals surface area contributed by atoms with Crippen LogP contribution >= 0.6 is 11.6 Å². The van der Waals surface area contributed by atoms with E-state index in [2.05, 4.69) is 5.32 Å². The lowest BCUT2D eigenvalue weighted by Gasteiger charge is -2.35. The van der Waals surface area contributed by atoms with Gasteiger partial charge >= 0.3 is 6.03 Å². The van der Waals surface area contributed by atoms with Gasteiger partial charge in [-0.15, -0.1) is 0 Å². The number of halogens is 1. The lowest BCUT2D eigenvalue weighted by atomic mass is 9.94. The zero-order valence-electron chi connectivity index (χ0n) is 13.2. The highest BCUT2D eigenvalue weighted by Crippen LogP contribution is 2.23. The number of nitrogens with one attached hydrogen (secondary N) is 1. The van der Waals surface area contributed by atoms with Crippen LogP contribution in [0.3, 0.4) is 0 Å². The van der Waals surface area contributed by atoms with Gasteiger partial charge in [0.25, 0.3) is 0 Å². The third-order valence-electron chi connectivity index (χ3n) is 3.31. The van der Waals surface area contributed by atoms with Crippen LogP contribution in [-0.4, -0.2) is 23.0 Å². The highest BCUT2D eigenvalue weighted by atomic mass is 35.5. The minimum atomic E-state index is -0.468. The summed E-state index contributed by atoms with van der Waals surface area (Å²) < 4.78 is 0. The standard InChI is InChI=1S/C16H25ClN2O/c1-11(2)19(12(3)4)15(20)18-16(5,6)13-8-7-9-14(17)10-13/h7-12H,1-6H3,(H,18,20). The van der Waals surface area contributed by atoms with E-state index in [0.717, 1.165) is 5.56 Å². The molecule has 0 bridgehead atoms. The van der Waals surface area contributed by atoms with Gasteiger partial charge in [-0.1, -0.05) is 23.7 Å². The molecule has 112 valence electrons. The van der Waals surface area contributed by atoms with Crippen LogP contribution in [0.2, 0.25) is 5.02 Å². The maximum Gasteiger partial charge on any atom is 0.318 e. The van der Waals surface area contributed by atoms with Gasteiger partial charge in [-0.3, -0.25) is 0 Å². The van der Waals surface area contributed by atoms with Gasteiger partial charge in [-0.25, -0.2) is 4.79 Å². The van der Waals surface area contributed by atoms with Crippen molar-refractivity contribution in [2.45, 2.75) is 59.2 Å². The first kappa shape index (κ1) is 16.8. The van der Waals surface area contributed by atoms with Crippen molar-refractivity contribution >= 4 is 17.6 Å². The fourth-order valence-electron chi connectivity index (χ4n) is 2.35. The zero-order chi connectivity index (χ0) is 15.5. The number of urea groups is 1. The van der Waals surface area contributed by atoms with Crippen molar-refractivity contribution in [3.05, 3.63) is 34.9 Å². The van der Waals surface area contributed by atoms with Crippen LogP contribution < -0.4 is 5.32 Å². The molecule has 1 N–H and O–H groups in total. The highest BCUT2D eigenvalue weighted by molar-refractivity contribution is 6.30. The van der Waals surface area contributed by atoms with Crippen molar-refractivity contribution in [2.24, 2.45) is 0 Å². The fraction of sp³-hybridized carbons (Fsp3) is 0.562. The molecule has 0 spiro atoms. The number of benzene rings is 1. The quantitative estimate of drug-likeness (QED) is 0.877. The number of rotatable bonds is 4. The second-order valence-electron chi connectivity index (χ2n) is 6.16. The summed E-state index contributed by atoms with van der Waals surface area (Å²) in [7, 11) is 0. The molecule has 0 radical (unpaired) electrons. The second-order valence-corrected chi connectivity index (χ2v) is 6.60. The molecule has 3 nitrogen and oxygen atoms in total. The van der Waals surface area contributed by atoms with Gasteiger partial charge in [0.2, 0.25) is 0 Å². The molecule has 0 saturated carbocycles. The van der Waals surface area contributed by atoms with Gasteiger partial charge in [0, 0.05) is 17.1 Å². The Hall–Kier alpha value is -1.22. The minimum Gasteiger partial charge on any atom is -0.329 e. The molecule has 0 heterocycles. The molecule has 4 heteroatoms. The summed E-state index contributed by atoms with van der Waals surface area (Å²) in [5.41, 5.74) is 0.523. The Labute approximate surface area is 127 Å². The zero-order valence-corrected chi connectivity index (χ0v) is 14.0. The Morgan fingerprint density at radius 2 is 1.75 bits per heavy atom. The lowest BCUT2D eigenvalue weighted by Crippen LogP contribution is -2.53. The van der Waals surface area contributed by atoms with Crippen molar-refractivity contribution in [1.29, 1.82) is 0 Å². The Kier molecular flexibility index (Phi) is 5.46. The monoisotopic (exact) mass is 296 g/mol. The molecule has 0 aliphatic carbocycles. The molecule has 0 atom stereocenters. The molecule has 1 rings (SSSR count). The predicted octanol–water partition coefficient (Wildman–Crippen LogP) is 4.40. The third-order valence-corrected chi connectivity index (χ3v) is 3.55.